The number of aromatic nitrogens is 2. The Morgan fingerprint density at radius 2 is 2.11 bits per heavy atom. The number of aryl methyl sites for hydroxylation is 3. The van der Waals surface area contributed by atoms with Crippen molar-refractivity contribution in [1.29, 1.82) is 0 Å². The number of pyridine rings is 1. The van der Waals surface area contributed by atoms with Crippen LogP contribution in [0.2, 0.25) is 0 Å². The number of nitrogens with zero attached hydrogens (tertiary/aromatic N) is 1. The van der Waals surface area contributed by atoms with E-state index in [2.05, 4.69) is 15.5 Å². The van der Waals surface area contributed by atoms with Crippen LogP contribution in [-0.2, 0) is 6.54 Å². The van der Waals surface area contributed by atoms with Crippen molar-refractivity contribution in [1.82, 2.24) is 15.5 Å². The fourth-order valence-electron chi connectivity index (χ4n) is 1.83. The van der Waals surface area contributed by atoms with Crippen LogP contribution >= 0.6 is 0 Å². The molecule has 0 saturated heterocycles. The fourth-order valence-corrected chi connectivity index (χ4v) is 1.83. The van der Waals surface area contributed by atoms with Crippen LogP contribution in [0, 0.1) is 20.8 Å². The van der Waals surface area contributed by atoms with E-state index in [0.29, 0.717) is 11.3 Å². The first-order valence-electron chi connectivity index (χ1n) is 5.88. The second-order valence-corrected chi connectivity index (χ2v) is 4.46. The number of hydrogen-bond acceptors (Lipinski definition) is 4. The van der Waals surface area contributed by atoms with Crippen LogP contribution in [0.3, 0.4) is 0 Å². The van der Waals surface area contributed by atoms with E-state index >= 15 is 0 Å². The number of carbonyl (C=O) groups excluding carboxylic acids is 1. The van der Waals surface area contributed by atoms with Gasteiger partial charge in [0, 0.05) is 23.9 Å². The van der Waals surface area contributed by atoms with Crippen LogP contribution in [0.5, 0.6) is 0 Å². The maximum atomic E-state index is 11.8. The first-order valence-corrected chi connectivity index (χ1v) is 5.88. The van der Waals surface area contributed by atoms with Gasteiger partial charge < -0.3 is 14.8 Å². The lowest BCUT2D eigenvalue weighted by molar-refractivity contribution is 0.0913. The lowest BCUT2D eigenvalue weighted by atomic mass is 10.1. The Labute approximate surface area is 109 Å². The third kappa shape index (κ3) is 2.90. The van der Waals surface area contributed by atoms with Gasteiger partial charge >= 0.3 is 0 Å². The largest absolute Gasteiger partial charge is 0.351 e. The summed E-state index contributed by atoms with van der Waals surface area (Å²) in [6, 6.07) is 3.41. The van der Waals surface area contributed by atoms with E-state index in [1.165, 1.54) is 0 Å². The molecule has 0 fully saturated rings. The molecule has 0 bridgehead atoms. The van der Waals surface area contributed by atoms with Gasteiger partial charge in [-0.2, -0.15) is 0 Å². The molecule has 6 nitrogen and oxygen atoms in total. The minimum atomic E-state index is -0.389. The molecule has 2 heterocycles. The summed E-state index contributed by atoms with van der Waals surface area (Å²) in [6.45, 7) is 5.53. The molecule has 19 heavy (non-hydrogen) atoms. The third-order valence-electron chi connectivity index (χ3n) is 2.77. The zero-order valence-electron chi connectivity index (χ0n) is 11.0. The normalized spacial score (nSPS) is 10.5. The van der Waals surface area contributed by atoms with Crippen molar-refractivity contribution in [3.05, 3.63) is 50.8 Å². The highest BCUT2D eigenvalue weighted by atomic mass is 16.5. The standard InChI is InChI=1S/C13H15N3O3/c1-7-4-8(2)15-12(17)10(7)6-14-13(18)11-5-9(3)16-19-11/h4-5H,6H2,1-3H3,(H,14,18)(H,15,17). The number of carbonyl (C=O) groups is 1. The number of nitrogens with one attached hydrogen (secondary N) is 2. The van der Waals surface area contributed by atoms with Gasteiger partial charge in [-0.3, -0.25) is 9.59 Å². The van der Waals surface area contributed by atoms with E-state index in [-0.39, 0.29) is 23.8 Å². The lowest BCUT2D eigenvalue weighted by Gasteiger charge is -2.06. The molecule has 0 spiro atoms. The first-order chi connectivity index (χ1) is 8.97. The topological polar surface area (TPSA) is 88.0 Å². The van der Waals surface area contributed by atoms with E-state index in [1.807, 2.05) is 19.9 Å². The van der Waals surface area contributed by atoms with Gasteiger partial charge in [-0.15, -0.1) is 0 Å². The maximum Gasteiger partial charge on any atom is 0.290 e. The second kappa shape index (κ2) is 5.09. The van der Waals surface area contributed by atoms with Crippen molar-refractivity contribution in [2.45, 2.75) is 27.3 Å². The molecule has 2 aromatic rings. The Morgan fingerprint density at radius 1 is 1.37 bits per heavy atom. The summed E-state index contributed by atoms with van der Waals surface area (Å²) in [5, 5.41) is 6.27. The molecule has 0 aliphatic heterocycles. The molecule has 0 atom stereocenters. The van der Waals surface area contributed by atoms with Crippen LogP contribution in [0.25, 0.3) is 0 Å². The third-order valence-corrected chi connectivity index (χ3v) is 2.77. The van der Waals surface area contributed by atoms with E-state index < -0.39 is 0 Å². The Kier molecular flexibility index (Phi) is 3.50. The van der Waals surface area contributed by atoms with Crippen LogP contribution < -0.4 is 10.9 Å². The predicted octanol–water partition coefficient (Wildman–Crippen LogP) is 1.22. The molecule has 2 aromatic heterocycles. The van der Waals surface area contributed by atoms with Crippen LogP contribution in [-0.4, -0.2) is 16.0 Å². The first kappa shape index (κ1) is 13.1. The van der Waals surface area contributed by atoms with Gasteiger partial charge in [0.15, 0.2) is 0 Å². The maximum absolute atomic E-state index is 11.8. The van der Waals surface area contributed by atoms with Crippen molar-refractivity contribution < 1.29 is 9.32 Å². The second-order valence-electron chi connectivity index (χ2n) is 4.46. The van der Waals surface area contributed by atoms with Crippen molar-refractivity contribution in [2.75, 3.05) is 0 Å². The molecule has 2 rings (SSSR count). The molecule has 0 saturated carbocycles. The highest BCUT2D eigenvalue weighted by Gasteiger charge is 2.12. The number of hydrogen-bond donors (Lipinski definition) is 2. The van der Waals surface area contributed by atoms with E-state index in [1.54, 1.807) is 13.0 Å². The highest BCUT2D eigenvalue weighted by molar-refractivity contribution is 5.91. The fraction of sp³-hybridized carbons (Fsp3) is 0.308. The summed E-state index contributed by atoms with van der Waals surface area (Å²) in [7, 11) is 0. The zero-order chi connectivity index (χ0) is 14.0. The number of rotatable bonds is 3. The van der Waals surface area contributed by atoms with Crippen LogP contribution in [0.15, 0.2) is 21.5 Å². The summed E-state index contributed by atoms with van der Waals surface area (Å²) < 4.78 is 4.85. The lowest BCUT2D eigenvalue weighted by Crippen LogP contribution is -2.27. The monoisotopic (exact) mass is 261 g/mol. The Balaban J connectivity index is 2.11. The molecule has 0 aliphatic rings. The summed E-state index contributed by atoms with van der Waals surface area (Å²) in [5.41, 5.74) is 2.62. The average molecular weight is 261 g/mol. The van der Waals surface area contributed by atoms with E-state index in [9.17, 15) is 9.59 Å². The van der Waals surface area contributed by atoms with Crippen LogP contribution in [0.4, 0.5) is 0 Å². The summed E-state index contributed by atoms with van der Waals surface area (Å²) in [5.74, 6) is -0.251. The average Bonchev–Trinajstić information content (AvgIpc) is 2.74. The summed E-state index contributed by atoms with van der Waals surface area (Å²) in [4.78, 5) is 26.2. The number of H-pyrrole nitrogens is 1. The Hall–Kier alpha value is -2.37. The van der Waals surface area contributed by atoms with Gasteiger partial charge in [0.2, 0.25) is 5.76 Å². The molecule has 100 valence electrons. The Morgan fingerprint density at radius 3 is 2.68 bits per heavy atom. The van der Waals surface area contributed by atoms with Crippen molar-refractivity contribution in [3.63, 3.8) is 0 Å². The molecule has 0 aromatic carbocycles. The molecule has 0 aliphatic carbocycles. The molecule has 1 amide bonds. The molecule has 0 unspecified atom stereocenters. The van der Waals surface area contributed by atoms with Crippen molar-refractivity contribution >= 4 is 5.91 Å². The van der Waals surface area contributed by atoms with Gasteiger partial charge in [0.05, 0.1) is 5.69 Å². The summed E-state index contributed by atoms with van der Waals surface area (Å²) >= 11 is 0. The van der Waals surface area contributed by atoms with Gasteiger partial charge in [-0.05, 0) is 32.4 Å². The minimum absolute atomic E-state index is 0.138. The number of amides is 1. The smallest absolute Gasteiger partial charge is 0.290 e. The molecule has 0 radical (unpaired) electrons. The molecular formula is C13H15N3O3. The summed E-state index contributed by atoms with van der Waals surface area (Å²) in [6.07, 6.45) is 0. The molecule has 2 N–H and O–H groups in total. The zero-order valence-corrected chi connectivity index (χ0v) is 11.0. The minimum Gasteiger partial charge on any atom is -0.351 e. The van der Waals surface area contributed by atoms with E-state index in [0.717, 1.165) is 11.3 Å². The van der Waals surface area contributed by atoms with Crippen molar-refractivity contribution in [2.24, 2.45) is 0 Å². The van der Waals surface area contributed by atoms with Gasteiger partial charge in [0.1, 0.15) is 0 Å². The highest BCUT2D eigenvalue weighted by Crippen LogP contribution is 2.05. The predicted molar refractivity (Wildman–Crippen MR) is 68.9 cm³/mol. The van der Waals surface area contributed by atoms with Crippen LogP contribution in [0.1, 0.15) is 33.1 Å². The Bertz CT molecular complexity index is 670. The van der Waals surface area contributed by atoms with Gasteiger partial charge in [-0.1, -0.05) is 5.16 Å². The molecule has 6 heteroatoms. The molecular weight excluding hydrogens is 246 g/mol. The quantitative estimate of drug-likeness (QED) is 0.869. The van der Waals surface area contributed by atoms with Gasteiger partial charge in [-0.25, -0.2) is 0 Å². The van der Waals surface area contributed by atoms with Crippen molar-refractivity contribution in [3.8, 4) is 0 Å². The van der Waals surface area contributed by atoms with E-state index in [4.69, 9.17) is 4.52 Å². The van der Waals surface area contributed by atoms with Gasteiger partial charge in [0.25, 0.3) is 11.5 Å². The number of aromatic amines is 1. The SMILES string of the molecule is Cc1cc(C(=O)NCc2c(C)cc(C)[nH]c2=O)on1.